The molecule has 0 aromatic heterocycles. The van der Waals surface area contributed by atoms with Crippen molar-refractivity contribution in [3.63, 3.8) is 0 Å². The van der Waals surface area contributed by atoms with E-state index in [1.807, 2.05) is 0 Å². The monoisotopic (exact) mass is 1060 g/mol. The van der Waals surface area contributed by atoms with Crippen molar-refractivity contribution in [1.82, 2.24) is 0 Å². The van der Waals surface area contributed by atoms with E-state index in [0.29, 0.717) is 0 Å². The van der Waals surface area contributed by atoms with Crippen LogP contribution >= 0.6 is 0 Å². The Bertz CT molecular complexity index is 899. The van der Waals surface area contributed by atoms with Crippen molar-refractivity contribution in [2.45, 2.75) is 458 Å². The highest BCUT2D eigenvalue weighted by Gasteiger charge is 2.31. The number of hydrogen-bond donors (Lipinski definition) is 0. The first-order valence-electron chi connectivity index (χ1n) is 37.0. The minimum absolute atomic E-state index is 0.899. The lowest BCUT2D eigenvalue weighted by atomic mass is 9.95. The SMILES string of the molecule is CCCCCCCCCCCCCCCCCCC(CCCCCCCCCCCCCCCCCC)[N+](C)(CCCCCCCCCCCCCCCCCC)CCCCCCCCCCCCCCCCCC. The van der Waals surface area contributed by atoms with Crippen molar-refractivity contribution in [1.29, 1.82) is 0 Å². The molecule has 75 heavy (non-hydrogen) atoms. The van der Waals surface area contributed by atoms with Gasteiger partial charge in [-0.1, -0.05) is 400 Å². The molecule has 0 heterocycles. The third kappa shape index (κ3) is 59.9. The zero-order chi connectivity index (χ0) is 54.2. The summed E-state index contributed by atoms with van der Waals surface area (Å²) in [5.74, 6) is 0. The van der Waals surface area contributed by atoms with Gasteiger partial charge in [0.15, 0.2) is 0 Å². The van der Waals surface area contributed by atoms with Gasteiger partial charge in [0.2, 0.25) is 0 Å². The summed E-state index contributed by atoms with van der Waals surface area (Å²) in [6, 6.07) is 0.899. The van der Waals surface area contributed by atoms with Gasteiger partial charge < -0.3 is 4.48 Å². The standard InChI is InChI=1S/C74H152N/c1-6-10-14-18-22-26-30-34-38-42-46-50-54-58-62-66-70-74(71-67-63-59-55-51-47-43-39-35-31-27-23-19-15-11-7-2)75(5,72-68-64-60-56-52-48-44-40-36-32-28-24-20-16-12-8-3)73-69-65-61-57-53-49-45-41-37-33-29-25-21-17-13-9-4/h74H,6-73H2,1-5H3/q+1. The zero-order valence-corrected chi connectivity index (χ0v) is 54.1. The normalized spacial score (nSPS) is 12.1. The molecule has 0 aliphatic carbocycles. The Morgan fingerprint density at radius 2 is 0.280 bits per heavy atom. The Morgan fingerprint density at radius 1 is 0.160 bits per heavy atom. The fourth-order valence-electron chi connectivity index (χ4n) is 13.1. The van der Waals surface area contributed by atoms with Gasteiger partial charge in [0.05, 0.1) is 26.2 Å². The summed E-state index contributed by atoms with van der Waals surface area (Å²) in [5.41, 5.74) is 0. The van der Waals surface area contributed by atoms with E-state index in [-0.39, 0.29) is 0 Å². The molecule has 0 bridgehead atoms. The van der Waals surface area contributed by atoms with Gasteiger partial charge in [-0.3, -0.25) is 0 Å². The third-order valence-electron chi connectivity index (χ3n) is 18.7. The summed E-state index contributed by atoms with van der Waals surface area (Å²) >= 11 is 0. The van der Waals surface area contributed by atoms with Crippen LogP contribution in [-0.2, 0) is 0 Å². The molecule has 0 fully saturated rings. The number of unbranched alkanes of at least 4 members (excludes halogenated alkanes) is 60. The molecule has 0 rings (SSSR count). The van der Waals surface area contributed by atoms with Crippen molar-refractivity contribution >= 4 is 0 Å². The van der Waals surface area contributed by atoms with Gasteiger partial charge in [-0.05, 0) is 51.4 Å². The van der Waals surface area contributed by atoms with E-state index in [1.54, 1.807) is 0 Å². The Balaban J connectivity index is 5.04. The Morgan fingerprint density at radius 3 is 0.427 bits per heavy atom. The molecule has 0 aromatic carbocycles. The molecule has 0 radical (unpaired) electrons. The number of hydrogen-bond acceptors (Lipinski definition) is 0. The molecule has 452 valence electrons. The van der Waals surface area contributed by atoms with Crippen LogP contribution in [0.1, 0.15) is 451 Å². The summed E-state index contributed by atoms with van der Waals surface area (Å²) in [5, 5.41) is 0. The molecule has 1 nitrogen and oxygen atoms in total. The fourth-order valence-corrected chi connectivity index (χ4v) is 13.1. The maximum absolute atomic E-state index is 2.78. The summed E-state index contributed by atoms with van der Waals surface area (Å²) in [6.45, 7) is 12.2. The zero-order valence-electron chi connectivity index (χ0n) is 54.1. The van der Waals surface area contributed by atoms with Gasteiger partial charge in [-0.25, -0.2) is 0 Å². The van der Waals surface area contributed by atoms with Gasteiger partial charge >= 0.3 is 0 Å². The quantitative estimate of drug-likeness (QED) is 0.0421. The molecule has 0 atom stereocenters. The minimum Gasteiger partial charge on any atom is -0.324 e. The summed E-state index contributed by atoms with van der Waals surface area (Å²) < 4.78 is 1.41. The van der Waals surface area contributed by atoms with E-state index in [0.717, 1.165) is 6.04 Å². The molecule has 0 unspecified atom stereocenters. The lowest BCUT2D eigenvalue weighted by Gasteiger charge is -2.43. The van der Waals surface area contributed by atoms with Crippen LogP contribution in [0.3, 0.4) is 0 Å². The van der Waals surface area contributed by atoms with Crippen molar-refractivity contribution in [2.75, 3.05) is 20.1 Å². The van der Waals surface area contributed by atoms with Gasteiger partial charge in [-0.2, -0.15) is 0 Å². The van der Waals surface area contributed by atoms with E-state index in [9.17, 15) is 0 Å². The number of rotatable bonds is 69. The lowest BCUT2D eigenvalue weighted by molar-refractivity contribution is -0.934. The average Bonchev–Trinajstić information content (AvgIpc) is 3.41. The van der Waals surface area contributed by atoms with E-state index < -0.39 is 0 Å². The molecule has 0 aliphatic rings. The van der Waals surface area contributed by atoms with Crippen LogP contribution in [0.4, 0.5) is 0 Å². The molecule has 0 saturated carbocycles. The predicted molar refractivity (Wildman–Crippen MR) is 347 cm³/mol. The van der Waals surface area contributed by atoms with E-state index in [1.165, 1.54) is 441 Å². The molecule has 0 aromatic rings. The molecule has 0 N–H and O–H groups in total. The highest BCUT2D eigenvalue weighted by molar-refractivity contribution is 4.65. The molecular formula is C74H152N+. The summed E-state index contributed by atoms with van der Waals surface area (Å²) in [4.78, 5) is 0. The van der Waals surface area contributed by atoms with Gasteiger partial charge in [0.25, 0.3) is 0 Å². The first-order chi connectivity index (χ1) is 37.1. The topological polar surface area (TPSA) is 0 Å². The van der Waals surface area contributed by atoms with E-state index >= 15 is 0 Å². The van der Waals surface area contributed by atoms with Crippen LogP contribution in [0.25, 0.3) is 0 Å². The smallest absolute Gasteiger partial charge is 0.0888 e. The fraction of sp³-hybridized carbons (Fsp3) is 1.00. The minimum atomic E-state index is 0.899. The van der Waals surface area contributed by atoms with Crippen molar-refractivity contribution in [3.8, 4) is 0 Å². The first kappa shape index (κ1) is 75.0. The highest BCUT2D eigenvalue weighted by atomic mass is 15.4. The summed E-state index contributed by atoms with van der Waals surface area (Å²) in [7, 11) is 2.78. The molecule has 0 spiro atoms. The molecule has 1 heteroatoms. The van der Waals surface area contributed by atoms with E-state index in [2.05, 4.69) is 34.7 Å². The summed E-state index contributed by atoms with van der Waals surface area (Å²) in [6.07, 6.45) is 97.5. The predicted octanol–water partition coefficient (Wildman–Crippen LogP) is 27.6. The second-order valence-electron chi connectivity index (χ2n) is 26.4. The maximum Gasteiger partial charge on any atom is 0.0888 e. The van der Waals surface area contributed by atoms with E-state index in [4.69, 9.17) is 0 Å². The van der Waals surface area contributed by atoms with Crippen LogP contribution in [0.2, 0.25) is 0 Å². The first-order valence-corrected chi connectivity index (χ1v) is 37.0. The van der Waals surface area contributed by atoms with Crippen molar-refractivity contribution < 1.29 is 4.48 Å². The third-order valence-corrected chi connectivity index (χ3v) is 18.7. The Hall–Kier alpha value is -0.0400. The van der Waals surface area contributed by atoms with Crippen LogP contribution in [0, 0.1) is 0 Å². The molecule has 0 saturated heterocycles. The van der Waals surface area contributed by atoms with Crippen LogP contribution < -0.4 is 0 Å². The largest absolute Gasteiger partial charge is 0.324 e. The average molecular weight is 1060 g/mol. The highest BCUT2D eigenvalue weighted by Crippen LogP contribution is 2.27. The molecular weight excluding hydrogens is 903 g/mol. The maximum atomic E-state index is 2.78. The van der Waals surface area contributed by atoms with Gasteiger partial charge in [0, 0.05) is 0 Å². The van der Waals surface area contributed by atoms with Gasteiger partial charge in [0.1, 0.15) is 0 Å². The Labute approximate surface area is 479 Å². The number of nitrogens with zero attached hydrogens (tertiary/aromatic N) is 1. The van der Waals surface area contributed by atoms with Crippen LogP contribution in [0.5, 0.6) is 0 Å². The molecule has 0 amide bonds. The number of quaternary nitrogens is 1. The lowest BCUT2D eigenvalue weighted by Crippen LogP contribution is -2.53. The second-order valence-corrected chi connectivity index (χ2v) is 26.4. The molecule has 0 aliphatic heterocycles. The Kier molecular flexibility index (Phi) is 66.4. The van der Waals surface area contributed by atoms with Crippen molar-refractivity contribution in [3.05, 3.63) is 0 Å². The van der Waals surface area contributed by atoms with Crippen LogP contribution in [0.15, 0.2) is 0 Å². The van der Waals surface area contributed by atoms with Crippen LogP contribution in [-0.4, -0.2) is 30.7 Å². The second kappa shape index (κ2) is 66.5. The van der Waals surface area contributed by atoms with Gasteiger partial charge in [-0.15, -0.1) is 0 Å². The van der Waals surface area contributed by atoms with Crippen molar-refractivity contribution in [2.24, 2.45) is 0 Å².